The first-order chi connectivity index (χ1) is 12.7. The van der Waals surface area contributed by atoms with Gasteiger partial charge in [-0.2, -0.15) is 0 Å². The maximum absolute atomic E-state index is 12.2. The lowest BCUT2D eigenvalue weighted by molar-refractivity contribution is -0.274. The second kappa shape index (κ2) is 8.02. The standard InChI is InChI=1S/C20H22F3NO2S/c1-19(25-16-7-9-18(27-2)10-8-16)11-12-24(14-19)13-15-3-5-17(6-4-15)26-20(21,22)23/h3-10H,11-14H2,1-2H3. The Kier molecular flexibility index (Phi) is 5.91. The van der Waals surface area contributed by atoms with Crippen LogP contribution in [0.1, 0.15) is 18.9 Å². The van der Waals surface area contributed by atoms with Crippen LogP contribution in [-0.2, 0) is 6.54 Å². The SMILES string of the molecule is CSc1ccc(OC2(C)CCN(Cc3ccc(OC(F)(F)F)cc3)C2)cc1. The molecule has 1 heterocycles. The first-order valence-electron chi connectivity index (χ1n) is 8.65. The number of halogens is 3. The maximum atomic E-state index is 12.2. The highest BCUT2D eigenvalue weighted by molar-refractivity contribution is 7.98. The molecule has 0 spiro atoms. The molecule has 0 aromatic heterocycles. The third kappa shape index (κ3) is 5.81. The zero-order chi connectivity index (χ0) is 19.5. The van der Waals surface area contributed by atoms with Crippen molar-refractivity contribution in [2.24, 2.45) is 0 Å². The summed E-state index contributed by atoms with van der Waals surface area (Å²) in [6.07, 6.45) is -1.73. The van der Waals surface area contributed by atoms with Crippen molar-refractivity contribution < 1.29 is 22.6 Å². The molecule has 1 unspecified atom stereocenters. The summed E-state index contributed by atoms with van der Waals surface area (Å²) >= 11 is 1.69. The van der Waals surface area contributed by atoms with Gasteiger partial charge in [-0.25, -0.2) is 0 Å². The zero-order valence-electron chi connectivity index (χ0n) is 15.3. The zero-order valence-corrected chi connectivity index (χ0v) is 16.1. The Labute approximate surface area is 161 Å². The molecule has 1 aliphatic rings. The number of hydrogen-bond donors (Lipinski definition) is 0. The van der Waals surface area contributed by atoms with Gasteiger partial charge in [0.25, 0.3) is 0 Å². The predicted octanol–water partition coefficient (Wildman–Crippen LogP) is 5.35. The van der Waals surface area contributed by atoms with Crippen molar-refractivity contribution in [2.45, 2.75) is 36.7 Å². The topological polar surface area (TPSA) is 21.7 Å². The first kappa shape index (κ1) is 19.9. The first-order valence-corrected chi connectivity index (χ1v) is 9.87. The molecule has 0 N–H and O–H groups in total. The molecule has 0 aliphatic carbocycles. The summed E-state index contributed by atoms with van der Waals surface area (Å²) in [5, 5.41) is 0. The molecular formula is C20H22F3NO2S. The maximum Gasteiger partial charge on any atom is 0.573 e. The fraction of sp³-hybridized carbons (Fsp3) is 0.400. The van der Waals surface area contributed by atoms with E-state index in [0.717, 1.165) is 30.8 Å². The molecule has 7 heteroatoms. The van der Waals surface area contributed by atoms with Gasteiger partial charge in [-0.15, -0.1) is 24.9 Å². The third-order valence-corrected chi connectivity index (χ3v) is 5.25. The predicted molar refractivity (Wildman–Crippen MR) is 100 cm³/mol. The van der Waals surface area contributed by atoms with Gasteiger partial charge in [0.05, 0.1) is 0 Å². The van der Waals surface area contributed by atoms with Crippen molar-refractivity contribution in [2.75, 3.05) is 19.3 Å². The molecular weight excluding hydrogens is 375 g/mol. The molecule has 0 amide bonds. The number of rotatable bonds is 6. The molecule has 2 aromatic carbocycles. The van der Waals surface area contributed by atoms with Gasteiger partial charge < -0.3 is 9.47 Å². The van der Waals surface area contributed by atoms with E-state index in [-0.39, 0.29) is 11.4 Å². The minimum atomic E-state index is -4.66. The molecule has 2 aromatic rings. The van der Waals surface area contributed by atoms with E-state index >= 15 is 0 Å². The van der Waals surface area contributed by atoms with E-state index in [4.69, 9.17) is 4.74 Å². The molecule has 1 fully saturated rings. The summed E-state index contributed by atoms with van der Waals surface area (Å²) in [5.74, 6) is 0.653. The van der Waals surface area contributed by atoms with Crippen molar-refractivity contribution >= 4 is 11.8 Å². The van der Waals surface area contributed by atoms with Gasteiger partial charge in [-0.3, -0.25) is 4.90 Å². The minimum Gasteiger partial charge on any atom is -0.486 e. The van der Waals surface area contributed by atoms with Gasteiger partial charge in [-0.05, 0) is 55.1 Å². The molecule has 1 aliphatic heterocycles. The van der Waals surface area contributed by atoms with E-state index in [1.54, 1.807) is 23.9 Å². The Morgan fingerprint density at radius 2 is 1.67 bits per heavy atom. The molecule has 0 saturated carbocycles. The normalized spacial score (nSPS) is 20.6. The quantitative estimate of drug-likeness (QED) is 0.613. The van der Waals surface area contributed by atoms with E-state index < -0.39 is 6.36 Å². The van der Waals surface area contributed by atoms with Crippen LogP contribution >= 0.6 is 11.8 Å². The average molecular weight is 397 g/mol. The van der Waals surface area contributed by atoms with E-state index in [9.17, 15) is 13.2 Å². The van der Waals surface area contributed by atoms with E-state index in [1.165, 1.54) is 17.0 Å². The minimum absolute atomic E-state index is 0.200. The molecule has 0 bridgehead atoms. The monoisotopic (exact) mass is 397 g/mol. The van der Waals surface area contributed by atoms with Crippen LogP contribution < -0.4 is 9.47 Å². The lowest BCUT2D eigenvalue weighted by atomic mass is 10.1. The van der Waals surface area contributed by atoms with E-state index in [0.29, 0.717) is 6.54 Å². The van der Waals surface area contributed by atoms with Gasteiger partial charge in [-0.1, -0.05) is 12.1 Å². The Hall–Kier alpha value is -1.86. The Morgan fingerprint density at radius 1 is 1.04 bits per heavy atom. The lowest BCUT2D eigenvalue weighted by Gasteiger charge is -2.26. The number of benzene rings is 2. The van der Waals surface area contributed by atoms with Crippen LogP contribution in [0.2, 0.25) is 0 Å². The van der Waals surface area contributed by atoms with Crippen molar-refractivity contribution in [3.05, 3.63) is 54.1 Å². The molecule has 0 radical (unpaired) electrons. The largest absolute Gasteiger partial charge is 0.573 e. The number of alkyl halides is 3. The Balaban J connectivity index is 1.55. The van der Waals surface area contributed by atoms with Crippen LogP contribution in [-0.4, -0.2) is 36.2 Å². The molecule has 1 atom stereocenters. The lowest BCUT2D eigenvalue weighted by Crippen LogP contribution is -2.35. The van der Waals surface area contributed by atoms with Gasteiger partial charge in [0.15, 0.2) is 0 Å². The number of thioether (sulfide) groups is 1. The number of ether oxygens (including phenoxy) is 2. The van der Waals surface area contributed by atoms with Gasteiger partial charge in [0.2, 0.25) is 0 Å². The third-order valence-electron chi connectivity index (χ3n) is 4.50. The van der Waals surface area contributed by atoms with Crippen LogP contribution in [0.15, 0.2) is 53.4 Å². The van der Waals surface area contributed by atoms with E-state index in [1.807, 2.05) is 30.5 Å². The Bertz CT molecular complexity index is 749. The summed E-state index contributed by atoms with van der Waals surface area (Å²) in [5.41, 5.74) is 0.665. The molecule has 27 heavy (non-hydrogen) atoms. The second-order valence-corrected chi connectivity index (χ2v) is 7.76. The van der Waals surface area contributed by atoms with Gasteiger partial charge >= 0.3 is 6.36 Å². The molecule has 3 rings (SSSR count). The fourth-order valence-electron chi connectivity index (χ4n) is 3.23. The van der Waals surface area contributed by atoms with Crippen LogP contribution in [0.3, 0.4) is 0 Å². The van der Waals surface area contributed by atoms with Gasteiger partial charge in [0.1, 0.15) is 17.1 Å². The second-order valence-electron chi connectivity index (χ2n) is 6.88. The van der Waals surface area contributed by atoms with Crippen LogP contribution in [0.4, 0.5) is 13.2 Å². The highest BCUT2D eigenvalue weighted by Crippen LogP contribution is 2.30. The average Bonchev–Trinajstić information content (AvgIpc) is 2.96. The fourth-order valence-corrected chi connectivity index (χ4v) is 3.64. The van der Waals surface area contributed by atoms with Crippen molar-refractivity contribution in [1.29, 1.82) is 0 Å². The summed E-state index contributed by atoms with van der Waals surface area (Å²) in [4.78, 5) is 3.44. The number of likely N-dealkylation sites (tertiary alicyclic amines) is 1. The van der Waals surface area contributed by atoms with Crippen molar-refractivity contribution in [3.8, 4) is 11.5 Å². The van der Waals surface area contributed by atoms with Crippen molar-refractivity contribution in [1.82, 2.24) is 4.90 Å². The molecule has 3 nitrogen and oxygen atoms in total. The Morgan fingerprint density at radius 3 is 2.26 bits per heavy atom. The smallest absolute Gasteiger partial charge is 0.486 e. The van der Waals surface area contributed by atoms with Gasteiger partial charge in [0, 0.05) is 31.0 Å². The molecule has 1 saturated heterocycles. The number of nitrogens with zero attached hydrogens (tertiary/aromatic N) is 1. The van der Waals surface area contributed by atoms with Crippen molar-refractivity contribution in [3.63, 3.8) is 0 Å². The van der Waals surface area contributed by atoms with Crippen LogP contribution in [0.25, 0.3) is 0 Å². The highest BCUT2D eigenvalue weighted by Gasteiger charge is 2.36. The summed E-state index contributed by atoms with van der Waals surface area (Å²) in [6, 6.07) is 14.1. The summed E-state index contributed by atoms with van der Waals surface area (Å²) in [7, 11) is 0. The highest BCUT2D eigenvalue weighted by atomic mass is 32.2. The van der Waals surface area contributed by atoms with Crippen LogP contribution in [0.5, 0.6) is 11.5 Å². The van der Waals surface area contributed by atoms with E-state index in [2.05, 4.69) is 16.6 Å². The molecule has 146 valence electrons. The summed E-state index contributed by atoms with van der Waals surface area (Å²) < 4.78 is 46.8. The number of hydrogen-bond acceptors (Lipinski definition) is 4. The van der Waals surface area contributed by atoms with Crippen LogP contribution in [0, 0.1) is 0 Å². The summed E-state index contributed by atoms with van der Waals surface area (Å²) in [6.45, 7) is 4.39.